The number of hydrogen-bond acceptors (Lipinski definition) is 9. The molecule has 37 heavy (non-hydrogen) atoms. The number of allylic oxidation sites excluding steroid dienone is 1. The first-order chi connectivity index (χ1) is 17.1. The van der Waals surface area contributed by atoms with Crippen LogP contribution in [0.15, 0.2) is 23.5 Å². The molecule has 3 heterocycles. The van der Waals surface area contributed by atoms with Crippen LogP contribution in [-0.4, -0.2) is 51.9 Å². The highest BCUT2D eigenvalue weighted by atomic mass is 16.7. The molecule has 0 amide bonds. The fraction of sp³-hybridized carbons (Fsp3) is 0.714. The number of carbonyl (C=O) groups excluding carboxylic acids is 4. The Labute approximate surface area is 216 Å². The van der Waals surface area contributed by atoms with Gasteiger partial charge in [-0.05, 0) is 52.2 Å². The molecule has 0 aromatic heterocycles. The zero-order chi connectivity index (χ0) is 27.1. The van der Waals surface area contributed by atoms with Crippen LogP contribution in [0.5, 0.6) is 0 Å². The molecule has 202 valence electrons. The van der Waals surface area contributed by atoms with Crippen LogP contribution < -0.4 is 0 Å². The van der Waals surface area contributed by atoms with Crippen molar-refractivity contribution in [3.05, 3.63) is 23.5 Å². The van der Waals surface area contributed by atoms with E-state index in [-0.39, 0.29) is 36.4 Å². The van der Waals surface area contributed by atoms with Crippen LogP contribution in [0.2, 0.25) is 0 Å². The monoisotopic (exact) mass is 516 g/mol. The predicted molar refractivity (Wildman–Crippen MR) is 128 cm³/mol. The fourth-order valence-corrected chi connectivity index (χ4v) is 7.87. The van der Waals surface area contributed by atoms with E-state index in [0.717, 1.165) is 0 Å². The molecule has 2 aliphatic carbocycles. The van der Waals surface area contributed by atoms with Gasteiger partial charge < -0.3 is 24.1 Å². The number of cyclic esters (lactones) is 1. The molecule has 2 saturated carbocycles. The van der Waals surface area contributed by atoms with Crippen LogP contribution in [0.4, 0.5) is 0 Å². The van der Waals surface area contributed by atoms with Crippen molar-refractivity contribution in [2.45, 2.75) is 96.7 Å². The minimum atomic E-state index is -1.28. The maximum Gasteiger partial charge on any atom is 0.339 e. The molecule has 0 radical (unpaired) electrons. The van der Waals surface area contributed by atoms with Gasteiger partial charge >= 0.3 is 17.9 Å². The van der Waals surface area contributed by atoms with Gasteiger partial charge in [-0.25, -0.2) is 4.79 Å². The van der Waals surface area contributed by atoms with E-state index in [1.54, 1.807) is 32.9 Å². The van der Waals surface area contributed by atoms with E-state index in [1.165, 1.54) is 6.92 Å². The number of rotatable bonds is 4. The Morgan fingerprint density at radius 1 is 1.22 bits per heavy atom. The lowest BCUT2D eigenvalue weighted by atomic mass is 9.66. The topological polar surface area (TPSA) is 125 Å². The summed E-state index contributed by atoms with van der Waals surface area (Å²) in [5.41, 5.74) is -2.52. The van der Waals surface area contributed by atoms with Crippen molar-refractivity contribution in [3.63, 3.8) is 0 Å². The summed E-state index contributed by atoms with van der Waals surface area (Å²) in [5.74, 6) is -3.78. The van der Waals surface area contributed by atoms with Crippen molar-refractivity contribution in [1.82, 2.24) is 0 Å². The van der Waals surface area contributed by atoms with Gasteiger partial charge in [0.1, 0.15) is 17.1 Å². The first-order valence-electron chi connectivity index (χ1n) is 13.1. The van der Waals surface area contributed by atoms with E-state index < -0.39 is 52.3 Å². The molecule has 5 aliphatic rings. The van der Waals surface area contributed by atoms with E-state index in [0.29, 0.717) is 30.6 Å². The van der Waals surface area contributed by atoms with Crippen molar-refractivity contribution in [3.8, 4) is 0 Å². The summed E-state index contributed by atoms with van der Waals surface area (Å²) in [6, 6.07) is 0. The van der Waals surface area contributed by atoms with Crippen LogP contribution in [0.3, 0.4) is 0 Å². The third-order valence-electron chi connectivity index (χ3n) is 9.55. The van der Waals surface area contributed by atoms with Gasteiger partial charge in [0.2, 0.25) is 5.79 Å². The molecular formula is C28H36O9. The molecule has 9 heteroatoms. The van der Waals surface area contributed by atoms with Crippen LogP contribution in [0.25, 0.3) is 0 Å². The standard InChI is InChI=1S/C28H36O9/c1-14-9-17(34-24(14)32)10-15(2)28-26(6,13-22(31)36-28)20-11-27(33)12-21(30)18(25(4,5)35-16(3)29)7-8-19(27)23(20)37-28/h9-10,15,18-20,23,33H,7-8,11-13H2,1-6H3/b17-10-/t15-,18+,19+,20-,23+,26+,27-,28+/m0/s1. The van der Waals surface area contributed by atoms with Crippen molar-refractivity contribution >= 4 is 23.7 Å². The highest BCUT2D eigenvalue weighted by Gasteiger charge is 2.76. The summed E-state index contributed by atoms with van der Waals surface area (Å²) in [6.45, 7) is 10.3. The first-order valence-corrected chi connectivity index (χ1v) is 13.1. The van der Waals surface area contributed by atoms with Gasteiger partial charge in [-0.1, -0.05) is 13.8 Å². The average Bonchev–Trinajstić information content (AvgIpc) is 3.33. The zero-order valence-corrected chi connectivity index (χ0v) is 22.3. The summed E-state index contributed by atoms with van der Waals surface area (Å²) in [5, 5.41) is 11.8. The summed E-state index contributed by atoms with van der Waals surface area (Å²) >= 11 is 0. The molecule has 9 nitrogen and oxygen atoms in total. The molecule has 2 saturated heterocycles. The quantitative estimate of drug-likeness (QED) is 0.443. The zero-order valence-electron chi connectivity index (χ0n) is 22.3. The van der Waals surface area contributed by atoms with Crippen molar-refractivity contribution in [2.24, 2.45) is 29.1 Å². The second kappa shape index (κ2) is 8.24. The number of esters is 3. The number of carbonyl (C=O) groups is 4. The Balaban J connectivity index is 1.45. The summed E-state index contributed by atoms with van der Waals surface area (Å²) < 4.78 is 23.5. The van der Waals surface area contributed by atoms with Crippen molar-refractivity contribution < 1.29 is 43.2 Å². The minimum Gasteiger partial charge on any atom is -0.459 e. The molecule has 0 unspecified atom stereocenters. The molecule has 4 fully saturated rings. The third-order valence-corrected chi connectivity index (χ3v) is 9.55. The molecule has 5 rings (SSSR count). The summed E-state index contributed by atoms with van der Waals surface area (Å²) in [6.07, 6.45) is 4.33. The number of aliphatic hydroxyl groups is 1. The van der Waals surface area contributed by atoms with E-state index in [9.17, 15) is 24.3 Å². The van der Waals surface area contributed by atoms with Gasteiger partial charge in [0.05, 0.1) is 24.0 Å². The Morgan fingerprint density at radius 3 is 2.54 bits per heavy atom. The van der Waals surface area contributed by atoms with E-state index in [2.05, 4.69) is 0 Å². The molecule has 0 aromatic carbocycles. The molecule has 0 spiro atoms. The van der Waals surface area contributed by atoms with Gasteiger partial charge in [-0.3, -0.25) is 14.4 Å². The Kier molecular flexibility index (Phi) is 5.81. The molecule has 1 N–H and O–H groups in total. The SMILES string of the molecule is CC(=O)OC(C)(C)[C@@H]1CC[C@@H]2[C@H]3O[C@@]4([C@@H](C)/C=C5/C=C(C)C(=O)O5)OC(=O)C[C@]4(C)[C@H]3C[C@]2(O)CC1=O. The Hall–Kier alpha value is -2.52. The lowest BCUT2D eigenvalue weighted by Gasteiger charge is -2.41. The van der Waals surface area contributed by atoms with Gasteiger partial charge in [-0.15, -0.1) is 0 Å². The van der Waals surface area contributed by atoms with E-state index >= 15 is 0 Å². The molecule has 0 bridgehead atoms. The number of ketones is 1. The fourth-order valence-electron chi connectivity index (χ4n) is 7.87. The van der Waals surface area contributed by atoms with Gasteiger partial charge in [0.15, 0.2) is 0 Å². The number of ether oxygens (including phenoxy) is 4. The summed E-state index contributed by atoms with van der Waals surface area (Å²) in [4.78, 5) is 49.5. The van der Waals surface area contributed by atoms with E-state index in [4.69, 9.17) is 18.9 Å². The maximum absolute atomic E-state index is 13.4. The van der Waals surface area contributed by atoms with Gasteiger partial charge in [-0.2, -0.15) is 0 Å². The highest BCUT2D eigenvalue weighted by Crippen LogP contribution is 2.68. The van der Waals surface area contributed by atoms with Crippen LogP contribution in [-0.2, 0) is 38.1 Å². The smallest absolute Gasteiger partial charge is 0.339 e. The molecule has 8 atom stereocenters. The molecule has 3 aliphatic heterocycles. The lowest BCUT2D eigenvalue weighted by molar-refractivity contribution is -0.256. The largest absolute Gasteiger partial charge is 0.459 e. The first kappa shape index (κ1) is 26.1. The van der Waals surface area contributed by atoms with E-state index in [1.807, 2.05) is 13.8 Å². The Morgan fingerprint density at radius 2 is 1.92 bits per heavy atom. The maximum atomic E-state index is 13.4. The molecule has 0 aromatic rings. The average molecular weight is 517 g/mol. The van der Waals surface area contributed by atoms with Crippen molar-refractivity contribution in [1.29, 1.82) is 0 Å². The lowest BCUT2D eigenvalue weighted by Crippen LogP contribution is -2.50. The number of fused-ring (bicyclic) bond motifs is 5. The van der Waals surface area contributed by atoms with Crippen LogP contribution >= 0.6 is 0 Å². The number of Topliss-reactive ketones (excluding diaryl/α,β-unsaturated/α-hetero) is 1. The summed E-state index contributed by atoms with van der Waals surface area (Å²) in [7, 11) is 0. The second-order valence-electron chi connectivity index (χ2n) is 12.4. The second-order valence-corrected chi connectivity index (χ2v) is 12.4. The number of hydrogen-bond donors (Lipinski definition) is 1. The van der Waals surface area contributed by atoms with Gasteiger partial charge in [0.25, 0.3) is 0 Å². The van der Waals surface area contributed by atoms with Crippen LogP contribution in [0, 0.1) is 29.1 Å². The highest BCUT2D eigenvalue weighted by molar-refractivity contribution is 5.92. The normalized spacial score (nSPS) is 42.9. The third kappa shape index (κ3) is 3.80. The Bertz CT molecular complexity index is 1130. The minimum absolute atomic E-state index is 0.0547. The molecular weight excluding hydrogens is 480 g/mol. The van der Waals surface area contributed by atoms with Gasteiger partial charge in [0, 0.05) is 42.1 Å². The van der Waals surface area contributed by atoms with Crippen molar-refractivity contribution in [2.75, 3.05) is 0 Å². The van der Waals surface area contributed by atoms with Crippen LogP contribution in [0.1, 0.15) is 73.6 Å². The predicted octanol–water partition coefficient (Wildman–Crippen LogP) is 3.14.